The smallest absolute Gasteiger partial charge is 0.387 e. The van der Waals surface area contributed by atoms with E-state index in [1.807, 2.05) is 0 Å². The summed E-state index contributed by atoms with van der Waals surface area (Å²) in [6, 6.07) is 5.87. The van der Waals surface area contributed by atoms with Gasteiger partial charge in [-0.25, -0.2) is 0 Å². The normalized spacial score (nSPS) is 10.2. The minimum Gasteiger partial charge on any atom is -0.435 e. The Labute approximate surface area is 108 Å². The van der Waals surface area contributed by atoms with Crippen molar-refractivity contribution in [3.05, 3.63) is 41.4 Å². The molecule has 3 nitrogen and oxygen atoms in total. The van der Waals surface area contributed by atoms with Gasteiger partial charge in [0.15, 0.2) is 0 Å². The summed E-state index contributed by atoms with van der Waals surface area (Å²) >= 11 is 5.50. The fourth-order valence-corrected chi connectivity index (χ4v) is 1.30. The lowest BCUT2D eigenvalue weighted by atomic mass is 10.1. The molecule has 0 fully saturated rings. The van der Waals surface area contributed by atoms with Gasteiger partial charge >= 0.3 is 6.61 Å². The molecule has 1 amide bonds. The molecule has 0 heterocycles. The number of carbonyl (C=O) groups is 1. The Kier molecular flexibility index (Phi) is 5.58. The molecular weight excluding hydrogens is 264 g/mol. The lowest BCUT2D eigenvalue weighted by Gasteiger charge is -2.06. The Balaban J connectivity index is 2.48. The third-order valence-electron chi connectivity index (χ3n) is 1.99. The van der Waals surface area contributed by atoms with Crippen molar-refractivity contribution >= 4 is 17.5 Å². The van der Waals surface area contributed by atoms with E-state index in [4.69, 9.17) is 11.6 Å². The highest BCUT2D eigenvalue weighted by molar-refractivity contribution is 6.29. The molecule has 1 N–H and O–H groups in total. The third kappa shape index (κ3) is 5.63. The molecule has 0 aliphatic rings. The van der Waals surface area contributed by atoms with E-state index >= 15 is 0 Å². The van der Waals surface area contributed by atoms with Crippen molar-refractivity contribution in [3.8, 4) is 5.75 Å². The molecule has 0 aliphatic carbocycles. The Bertz CT molecular complexity index is 421. The highest BCUT2D eigenvalue weighted by Crippen LogP contribution is 2.15. The number of hydrogen-bond donors (Lipinski definition) is 1. The molecular formula is C12H12ClF2NO2. The predicted octanol–water partition coefficient (Wildman–Crippen LogP) is 2.70. The zero-order chi connectivity index (χ0) is 13.5. The summed E-state index contributed by atoms with van der Waals surface area (Å²) in [6.07, 6.45) is 0.138. The fourth-order valence-electron chi connectivity index (χ4n) is 1.23. The van der Waals surface area contributed by atoms with Crippen LogP contribution in [0, 0.1) is 0 Å². The van der Waals surface area contributed by atoms with Crippen LogP contribution in [0.25, 0.3) is 0 Å². The molecule has 0 saturated heterocycles. The van der Waals surface area contributed by atoms with Crippen molar-refractivity contribution in [3.63, 3.8) is 0 Å². The second-order valence-corrected chi connectivity index (χ2v) is 4.03. The summed E-state index contributed by atoms with van der Waals surface area (Å²) in [6.45, 7) is 0.785. The second kappa shape index (κ2) is 6.96. The number of hydrogen-bond acceptors (Lipinski definition) is 2. The predicted molar refractivity (Wildman–Crippen MR) is 64.8 cm³/mol. The number of amides is 1. The van der Waals surface area contributed by atoms with Crippen LogP contribution in [0.4, 0.5) is 8.78 Å². The molecule has 0 radical (unpaired) electrons. The van der Waals surface area contributed by atoms with Gasteiger partial charge in [-0.15, -0.1) is 0 Å². The van der Waals surface area contributed by atoms with Crippen molar-refractivity contribution in [2.24, 2.45) is 0 Å². The number of ether oxygens (including phenoxy) is 1. The van der Waals surface area contributed by atoms with E-state index < -0.39 is 6.61 Å². The Morgan fingerprint density at radius 3 is 2.50 bits per heavy atom. The van der Waals surface area contributed by atoms with Gasteiger partial charge < -0.3 is 10.1 Å². The van der Waals surface area contributed by atoms with Crippen LogP contribution in [-0.2, 0) is 11.2 Å². The first-order valence-corrected chi connectivity index (χ1v) is 5.49. The zero-order valence-electron chi connectivity index (χ0n) is 9.46. The van der Waals surface area contributed by atoms with E-state index in [0.717, 1.165) is 0 Å². The van der Waals surface area contributed by atoms with Crippen LogP contribution in [0.2, 0.25) is 0 Å². The zero-order valence-corrected chi connectivity index (χ0v) is 10.2. The van der Waals surface area contributed by atoms with Crippen molar-refractivity contribution in [2.75, 3.05) is 6.54 Å². The summed E-state index contributed by atoms with van der Waals surface area (Å²) in [5, 5.41) is 2.89. The fraction of sp³-hybridized carbons (Fsp3) is 0.250. The first kappa shape index (κ1) is 14.4. The van der Waals surface area contributed by atoms with Gasteiger partial charge in [-0.05, 0) is 17.7 Å². The summed E-state index contributed by atoms with van der Waals surface area (Å²) in [7, 11) is 0. The van der Waals surface area contributed by atoms with Gasteiger partial charge in [-0.2, -0.15) is 8.78 Å². The molecule has 0 bridgehead atoms. The monoisotopic (exact) mass is 275 g/mol. The van der Waals surface area contributed by atoms with Crippen LogP contribution in [0.15, 0.2) is 35.9 Å². The van der Waals surface area contributed by atoms with Crippen LogP contribution < -0.4 is 10.1 Å². The van der Waals surface area contributed by atoms with E-state index in [2.05, 4.69) is 16.6 Å². The minimum absolute atomic E-state index is 0.0586. The number of rotatable bonds is 6. The van der Waals surface area contributed by atoms with Crippen LogP contribution in [-0.4, -0.2) is 19.1 Å². The quantitative estimate of drug-likeness (QED) is 0.867. The molecule has 1 rings (SSSR count). The number of nitrogens with one attached hydrogen (secondary N) is 1. The van der Waals surface area contributed by atoms with Gasteiger partial charge in [0.25, 0.3) is 0 Å². The maximum atomic E-state index is 11.9. The Hall–Kier alpha value is -1.62. The maximum absolute atomic E-state index is 11.9. The molecule has 0 aliphatic heterocycles. The Morgan fingerprint density at radius 1 is 1.39 bits per heavy atom. The summed E-state index contributed by atoms with van der Waals surface area (Å²) in [5.74, 6) is -0.164. The largest absolute Gasteiger partial charge is 0.435 e. The van der Waals surface area contributed by atoms with Crippen molar-refractivity contribution in [2.45, 2.75) is 13.0 Å². The average Bonchev–Trinajstić information content (AvgIpc) is 2.28. The topological polar surface area (TPSA) is 38.3 Å². The van der Waals surface area contributed by atoms with Gasteiger partial charge in [0.1, 0.15) is 5.75 Å². The van der Waals surface area contributed by atoms with Gasteiger partial charge in [-0.3, -0.25) is 4.79 Å². The number of halogens is 3. The van der Waals surface area contributed by atoms with Crippen LogP contribution in [0.5, 0.6) is 5.75 Å². The first-order chi connectivity index (χ1) is 8.47. The summed E-state index contributed by atoms with van der Waals surface area (Å²) in [4.78, 5) is 11.4. The Morgan fingerprint density at radius 2 is 2.00 bits per heavy atom. The standard InChI is InChI=1S/C12H12ClF2NO2/c1-8(13)7-16-11(17)6-9-2-4-10(5-3-9)18-12(14)15/h2-5,12H,1,6-7H2,(H,16,17). The van der Waals surface area contributed by atoms with Crippen LogP contribution in [0.3, 0.4) is 0 Å². The minimum atomic E-state index is -2.85. The molecule has 98 valence electrons. The van der Waals surface area contributed by atoms with E-state index in [-0.39, 0.29) is 24.6 Å². The van der Waals surface area contributed by atoms with Crippen molar-refractivity contribution in [1.29, 1.82) is 0 Å². The molecule has 0 aromatic heterocycles. The molecule has 0 saturated carbocycles. The van der Waals surface area contributed by atoms with Crippen LogP contribution >= 0.6 is 11.6 Å². The average molecular weight is 276 g/mol. The number of carbonyl (C=O) groups excluding carboxylic acids is 1. The first-order valence-electron chi connectivity index (χ1n) is 5.11. The summed E-state index contributed by atoms with van der Waals surface area (Å²) in [5.41, 5.74) is 0.689. The second-order valence-electron chi connectivity index (χ2n) is 3.49. The van der Waals surface area contributed by atoms with Crippen LogP contribution in [0.1, 0.15) is 5.56 Å². The van der Waals surface area contributed by atoms with Gasteiger partial charge in [-0.1, -0.05) is 30.3 Å². The van der Waals surface area contributed by atoms with Gasteiger partial charge in [0, 0.05) is 5.03 Å². The van der Waals surface area contributed by atoms with E-state index in [9.17, 15) is 13.6 Å². The molecule has 0 spiro atoms. The number of benzene rings is 1. The lowest BCUT2D eigenvalue weighted by Crippen LogP contribution is -2.26. The summed E-state index contributed by atoms with van der Waals surface area (Å²) < 4.78 is 28.0. The highest BCUT2D eigenvalue weighted by atomic mass is 35.5. The molecule has 1 aromatic carbocycles. The molecule has 6 heteroatoms. The van der Waals surface area contributed by atoms with Crippen molar-refractivity contribution in [1.82, 2.24) is 5.32 Å². The number of alkyl halides is 2. The van der Waals surface area contributed by atoms with Gasteiger partial charge in [0.2, 0.25) is 5.91 Å². The third-order valence-corrected chi connectivity index (χ3v) is 2.12. The molecule has 0 unspecified atom stereocenters. The molecule has 1 aromatic rings. The van der Waals surface area contributed by atoms with E-state index in [1.54, 1.807) is 12.1 Å². The van der Waals surface area contributed by atoms with E-state index in [1.165, 1.54) is 12.1 Å². The highest BCUT2D eigenvalue weighted by Gasteiger charge is 2.06. The van der Waals surface area contributed by atoms with Gasteiger partial charge in [0.05, 0.1) is 13.0 Å². The SMILES string of the molecule is C=C(Cl)CNC(=O)Cc1ccc(OC(F)F)cc1. The van der Waals surface area contributed by atoms with Crippen molar-refractivity contribution < 1.29 is 18.3 Å². The maximum Gasteiger partial charge on any atom is 0.387 e. The molecule has 0 atom stereocenters. The molecule has 18 heavy (non-hydrogen) atoms. The van der Waals surface area contributed by atoms with E-state index in [0.29, 0.717) is 10.6 Å². The lowest BCUT2D eigenvalue weighted by molar-refractivity contribution is -0.120.